The van der Waals surface area contributed by atoms with Crippen LogP contribution in [-0.4, -0.2) is 12.2 Å². The maximum absolute atomic E-state index is 5.64. The molecule has 0 bridgehead atoms. The average Bonchev–Trinajstić information content (AvgIpc) is 3.20. The summed E-state index contributed by atoms with van der Waals surface area (Å²) in [4.78, 5) is 0. The first-order valence-corrected chi connectivity index (χ1v) is 8.84. The highest BCUT2D eigenvalue weighted by molar-refractivity contribution is 4.97. The van der Waals surface area contributed by atoms with Gasteiger partial charge in [-0.05, 0) is 32.1 Å². The molecule has 0 saturated carbocycles. The van der Waals surface area contributed by atoms with Crippen LogP contribution < -0.4 is 0 Å². The minimum absolute atomic E-state index is 0.501. The molecule has 0 aliphatic carbocycles. The van der Waals surface area contributed by atoms with Crippen LogP contribution in [-0.2, 0) is 4.74 Å². The molecule has 2 atom stereocenters. The summed E-state index contributed by atoms with van der Waals surface area (Å²) in [5, 5.41) is 0. The van der Waals surface area contributed by atoms with Gasteiger partial charge in [0.15, 0.2) is 0 Å². The van der Waals surface area contributed by atoms with Crippen molar-refractivity contribution in [3.05, 3.63) is 24.3 Å². The van der Waals surface area contributed by atoms with Crippen LogP contribution in [0.1, 0.15) is 84.5 Å². The zero-order valence-corrected chi connectivity index (χ0v) is 13.7. The van der Waals surface area contributed by atoms with Gasteiger partial charge in [0, 0.05) is 0 Å². The maximum atomic E-state index is 5.64. The molecule has 1 saturated heterocycles. The van der Waals surface area contributed by atoms with E-state index in [4.69, 9.17) is 4.74 Å². The quantitative estimate of drug-likeness (QED) is 0.222. The zero-order chi connectivity index (χ0) is 14.5. The van der Waals surface area contributed by atoms with E-state index in [1.807, 2.05) is 0 Å². The van der Waals surface area contributed by atoms with Crippen molar-refractivity contribution < 1.29 is 4.74 Å². The maximum Gasteiger partial charge on any atom is 0.0879 e. The Labute approximate surface area is 126 Å². The summed E-state index contributed by atoms with van der Waals surface area (Å²) in [7, 11) is 0. The first-order valence-electron chi connectivity index (χ1n) is 8.84. The van der Waals surface area contributed by atoms with Gasteiger partial charge in [0.25, 0.3) is 0 Å². The van der Waals surface area contributed by atoms with Crippen molar-refractivity contribution in [3.63, 3.8) is 0 Å². The number of rotatable bonds is 13. The van der Waals surface area contributed by atoms with Crippen LogP contribution >= 0.6 is 0 Å². The molecule has 1 heteroatoms. The second-order valence-electron chi connectivity index (χ2n) is 5.95. The van der Waals surface area contributed by atoms with Gasteiger partial charge in [0.2, 0.25) is 0 Å². The Kier molecular flexibility index (Phi) is 10.7. The van der Waals surface area contributed by atoms with E-state index < -0.39 is 0 Å². The summed E-state index contributed by atoms with van der Waals surface area (Å²) in [6, 6.07) is 0. The number of unbranched alkanes of at least 4 members (excludes halogenated alkanes) is 7. The van der Waals surface area contributed by atoms with Crippen LogP contribution in [0.25, 0.3) is 0 Å². The monoisotopic (exact) mass is 278 g/mol. The van der Waals surface area contributed by atoms with Gasteiger partial charge in [-0.3, -0.25) is 0 Å². The lowest BCUT2D eigenvalue weighted by atomic mass is 10.1. The fourth-order valence-electron chi connectivity index (χ4n) is 2.56. The van der Waals surface area contributed by atoms with E-state index in [1.54, 1.807) is 0 Å². The predicted molar refractivity (Wildman–Crippen MR) is 89.1 cm³/mol. The highest BCUT2D eigenvalue weighted by atomic mass is 16.6. The minimum Gasteiger partial charge on any atom is -0.369 e. The van der Waals surface area contributed by atoms with Crippen LogP contribution in [0.3, 0.4) is 0 Å². The van der Waals surface area contributed by atoms with E-state index >= 15 is 0 Å². The molecule has 1 aliphatic heterocycles. The molecule has 0 amide bonds. The SMILES string of the molecule is CCC=CCC1OC1CC=CCCCCCCCCC. The topological polar surface area (TPSA) is 12.5 Å². The van der Waals surface area contributed by atoms with Crippen LogP contribution in [0, 0.1) is 0 Å². The summed E-state index contributed by atoms with van der Waals surface area (Å²) in [5.74, 6) is 0. The molecule has 20 heavy (non-hydrogen) atoms. The fraction of sp³-hybridized carbons (Fsp3) is 0.789. The van der Waals surface area contributed by atoms with Gasteiger partial charge in [0.1, 0.15) is 0 Å². The van der Waals surface area contributed by atoms with Gasteiger partial charge < -0.3 is 4.74 Å². The van der Waals surface area contributed by atoms with Crippen molar-refractivity contribution in [2.24, 2.45) is 0 Å². The Hall–Kier alpha value is -0.560. The van der Waals surface area contributed by atoms with Gasteiger partial charge in [-0.1, -0.05) is 76.7 Å². The zero-order valence-electron chi connectivity index (χ0n) is 13.7. The highest BCUT2D eigenvalue weighted by Crippen LogP contribution is 2.29. The second-order valence-corrected chi connectivity index (χ2v) is 5.95. The normalized spacial score (nSPS) is 22.1. The summed E-state index contributed by atoms with van der Waals surface area (Å²) in [5.41, 5.74) is 0. The Bertz CT molecular complexity index is 267. The van der Waals surface area contributed by atoms with E-state index in [1.165, 1.54) is 51.4 Å². The smallest absolute Gasteiger partial charge is 0.0879 e. The molecule has 0 aromatic heterocycles. The molecule has 1 aliphatic rings. The van der Waals surface area contributed by atoms with Crippen molar-refractivity contribution in [1.82, 2.24) is 0 Å². The largest absolute Gasteiger partial charge is 0.369 e. The first-order chi connectivity index (χ1) is 9.88. The molecule has 2 unspecified atom stereocenters. The molecule has 1 heterocycles. The first kappa shape index (κ1) is 17.5. The Morgan fingerprint density at radius 3 is 1.95 bits per heavy atom. The molecule has 0 aromatic rings. The number of ether oxygens (including phenoxy) is 1. The van der Waals surface area contributed by atoms with Crippen molar-refractivity contribution >= 4 is 0 Å². The number of hydrogen-bond acceptors (Lipinski definition) is 1. The molecule has 0 N–H and O–H groups in total. The predicted octanol–water partition coefficient (Wildman–Crippen LogP) is 6.20. The van der Waals surface area contributed by atoms with Crippen LogP contribution in [0.2, 0.25) is 0 Å². The van der Waals surface area contributed by atoms with E-state index in [-0.39, 0.29) is 0 Å². The minimum atomic E-state index is 0.501. The molecule has 0 spiro atoms. The van der Waals surface area contributed by atoms with Crippen molar-refractivity contribution in [3.8, 4) is 0 Å². The summed E-state index contributed by atoms with van der Waals surface area (Å²) in [6.07, 6.45) is 24.6. The van der Waals surface area contributed by atoms with Gasteiger partial charge in [-0.2, -0.15) is 0 Å². The van der Waals surface area contributed by atoms with Crippen LogP contribution in [0.5, 0.6) is 0 Å². The third-order valence-electron chi connectivity index (χ3n) is 3.97. The van der Waals surface area contributed by atoms with Gasteiger partial charge >= 0.3 is 0 Å². The van der Waals surface area contributed by atoms with Crippen LogP contribution in [0.15, 0.2) is 24.3 Å². The van der Waals surface area contributed by atoms with Crippen LogP contribution in [0.4, 0.5) is 0 Å². The Morgan fingerprint density at radius 2 is 1.30 bits per heavy atom. The summed E-state index contributed by atoms with van der Waals surface area (Å²) in [6.45, 7) is 4.45. The standard InChI is InChI=1S/C19H34O/c1-3-5-7-8-9-10-11-12-13-15-17-19-18(20-19)16-14-6-4-2/h6,13-15,18-19H,3-5,7-12,16-17H2,1-2H3. The van der Waals surface area contributed by atoms with Gasteiger partial charge in [-0.15, -0.1) is 0 Å². The fourth-order valence-corrected chi connectivity index (χ4v) is 2.56. The van der Waals surface area contributed by atoms with Gasteiger partial charge in [0.05, 0.1) is 12.2 Å². The second kappa shape index (κ2) is 12.2. The lowest BCUT2D eigenvalue weighted by Gasteiger charge is -1.98. The van der Waals surface area contributed by atoms with Gasteiger partial charge in [-0.25, -0.2) is 0 Å². The number of hydrogen-bond donors (Lipinski definition) is 0. The van der Waals surface area contributed by atoms with Crippen molar-refractivity contribution in [2.45, 2.75) is 96.7 Å². The molecule has 1 rings (SSSR count). The van der Waals surface area contributed by atoms with Crippen molar-refractivity contribution in [1.29, 1.82) is 0 Å². The molecular weight excluding hydrogens is 244 g/mol. The molecule has 1 fully saturated rings. The van der Waals surface area contributed by atoms with E-state index in [0.717, 1.165) is 19.3 Å². The van der Waals surface area contributed by atoms with E-state index in [0.29, 0.717) is 12.2 Å². The Balaban J connectivity index is 1.83. The lowest BCUT2D eigenvalue weighted by Crippen LogP contribution is -1.90. The lowest BCUT2D eigenvalue weighted by molar-refractivity contribution is 0.372. The molecule has 116 valence electrons. The van der Waals surface area contributed by atoms with E-state index in [2.05, 4.69) is 38.2 Å². The number of epoxide rings is 1. The summed E-state index contributed by atoms with van der Waals surface area (Å²) >= 11 is 0. The molecule has 0 aromatic carbocycles. The average molecular weight is 278 g/mol. The molecule has 1 nitrogen and oxygen atoms in total. The number of allylic oxidation sites excluding steroid dienone is 2. The highest BCUT2D eigenvalue weighted by Gasteiger charge is 2.35. The molecule has 0 radical (unpaired) electrons. The molecular formula is C19H34O. The third kappa shape index (κ3) is 9.36. The summed E-state index contributed by atoms with van der Waals surface area (Å²) < 4.78 is 5.64. The Morgan fingerprint density at radius 1 is 0.700 bits per heavy atom. The third-order valence-corrected chi connectivity index (χ3v) is 3.97. The van der Waals surface area contributed by atoms with E-state index in [9.17, 15) is 0 Å². The van der Waals surface area contributed by atoms with Crippen molar-refractivity contribution in [2.75, 3.05) is 0 Å².